The number of benzene rings is 2. The maximum Gasteiger partial charge on any atom is 0.307 e. The maximum atomic E-state index is 12.1. The fourth-order valence-electron chi connectivity index (χ4n) is 2.82. The molecule has 2 aromatic heterocycles. The Morgan fingerprint density at radius 1 is 1.13 bits per heavy atom. The van der Waals surface area contributed by atoms with Crippen molar-refractivity contribution >= 4 is 28.1 Å². The third-order valence-corrected chi connectivity index (χ3v) is 4.72. The van der Waals surface area contributed by atoms with Gasteiger partial charge in [0.15, 0.2) is 10.4 Å². The zero-order valence-electron chi connectivity index (χ0n) is 15.9. The zero-order chi connectivity index (χ0) is 20.9. The number of ether oxygens (including phenoxy) is 1. The summed E-state index contributed by atoms with van der Waals surface area (Å²) in [6.07, 6.45) is 3.41. The van der Waals surface area contributed by atoms with Gasteiger partial charge >= 0.3 is 5.91 Å². The van der Waals surface area contributed by atoms with E-state index < -0.39 is 5.91 Å². The number of hydrazone groups is 1. The van der Waals surface area contributed by atoms with Crippen molar-refractivity contribution in [2.45, 2.75) is 0 Å². The average Bonchev–Trinajstić information content (AvgIpc) is 3.41. The lowest BCUT2D eigenvalue weighted by atomic mass is 10.1. The van der Waals surface area contributed by atoms with E-state index in [0.29, 0.717) is 4.67 Å². The molecule has 4 aromatic rings. The molecule has 0 atom stereocenters. The third-order valence-electron chi connectivity index (χ3n) is 4.29. The van der Waals surface area contributed by atoms with Crippen LogP contribution in [0.5, 0.6) is 5.75 Å². The average molecular weight is 465 g/mol. The summed E-state index contributed by atoms with van der Waals surface area (Å²) in [6.45, 7) is 0. The van der Waals surface area contributed by atoms with Crippen molar-refractivity contribution in [3.63, 3.8) is 0 Å². The Bertz CT molecular complexity index is 1180. The Balaban J connectivity index is 1.64. The van der Waals surface area contributed by atoms with Gasteiger partial charge < -0.3 is 9.15 Å². The number of halogens is 1. The van der Waals surface area contributed by atoms with E-state index in [0.717, 1.165) is 28.3 Å². The number of aromatic nitrogens is 2. The molecule has 1 N–H and O–H groups in total. The molecule has 0 aliphatic carbocycles. The molecule has 30 heavy (non-hydrogen) atoms. The minimum atomic E-state index is -0.446. The highest BCUT2D eigenvalue weighted by atomic mass is 79.9. The Kier molecular flexibility index (Phi) is 5.76. The molecule has 0 fully saturated rings. The molecule has 1 amide bonds. The van der Waals surface area contributed by atoms with E-state index in [1.54, 1.807) is 30.1 Å². The molecule has 8 heteroatoms. The molecule has 0 radical (unpaired) electrons. The number of carbonyl (C=O) groups is 1. The van der Waals surface area contributed by atoms with Gasteiger partial charge in [-0.3, -0.25) is 4.79 Å². The van der Waals surface area contributed by atoms with Crippen LogP contribution < -0.4 is 10.2 Å². The first-order valence-corrected chi connectivity index (χ1v) is 9.81. The first kappa shape index (κ1) is 19.7. The number of para-hydroxylation sites is 1. The zero-order valence-corrected chi connectivity index (χ0v) is 17.5. The summed E-state index contributed by atoms with van der Waals surface area (Å²) in [7, 11) is 1.62. The van der Waals surface area contributed by atoms with Gasteiger partial charge in [-0.25, -0.2) is 10.1 Å². The van der Waals surface area contributed by atoms with Gasteiger partial charge in [-0.1, -0.05) is 18.2 Å². The summed E-state index contributed by atoms with van der Waals surface area (Å²) in [5.41, 5.74) is 5.74. The van der Waals surface area contributed by atoms with Gasteiger partial charge in [0.25, 0.3) is 0 Å². The van der Waals surface area contributed by atoms with Crippen LogP contribution in [0, 0.1) is 0 Å². The molecule has 0 spiro atoms. The van der Waals surface area contributed by atoms with Crippen molar-refractivity contribution in [2.24, 2.45) is 5.10 Å². The van der Waals surface area contributed by atoms with Crippen LogP contribution >= 0.6 is 15.9 Å². The first-order valence-electron chi connectivity index (χ1n) is 9.02. The van der Waals surface area contributed by atoms with Gasteiger partial charge in [0, 0.05) is 17.3 Å². The number of nitrogens with one attached hydrogen (secondary N) is 1. The van der Waals surface area contributed by atoms with E-state index in [-0.39, 0.29) is 5.76 Å². The van der Waals surface area contributed by atoms with Crippen LogP contribution in [0.15, 0.2) is 87.1 Å². The lowest BCUT2D eigenvalue weighted by Crippen LogP contribution is -2.16. The second-order valence-electron chi connectivity index (χ2n) is 6.24. The molecule has 0 saturated carbocycles. The second-order valence-corrected chi connectivity index (χ2v) is 7.03. The largest absolute Gasteiger partial charge is 0.497 e. The molecule has 4 rings (SSSR count). The van der Waals surface area contributed by atoms with Crippen LogP contribution in [0.2, 0.25) is 0 Å². The number of amides is 1. The second kappa shape index (κ2) is 8.79. The van der Waals surface area contributed by atoms with Gasteiger partial charge in [0.2, 0.25) is 0 Å². The molecule has 0 aliphatic rings. The van der Waals surface area contributed by atoms with Crippen molar-refractivity contribution in [1.82, 2.24) is 15.2 Å². The minimum absolute atomic E-state index is 0.161. The van der Waals surface area contributed by atoms with Gasteiger partial charge in [0.1, 0.15) is 11.4 Å². The SMILES string of the molecule is COc1ccc(-c2nn(-c3ccccc3)cc2/C=N\NC(=O)c2ccc(Br)o2)cc1. The molecular formula is C22H17BrN4O3. The quantitative estimate of drug-likeness (QED) is 0.332. The van der Waals surface area contributed by atoms with Crippen molar-refractivity contribution in [2.75, 3.05) is 7.11 Å². The monoisotopic (exact) mass is 464 g/mol. The number of methoxy groups -OCH3 is 1. The highest BCUT2D eigenvalue weighted by molar-refractivity contribution is 9.10. The van der Waals surface area contributed by atoms with Crippen molar-refractivity contribution < 1.29 is 13.9 Å². The normalized spacial score (nSPS) is 11.0. The topological polar surface area (TPSA) is 81.6 Å². The molecular weight excluding hydrogens is 448 g/mol. The van der Waals surface area contributed by atoms with E-state index in [2.05, 4.69) is 26.5 Å². The highest BCUT2D eigenvalue weighted by Gasteiger charge is 2.12. The Morgan fingerprint density at radius 2 is 1.90 bits per heavy atom. The summed E-state index contributed by atoms with van der Waals surface area (Å²) < 4.78 is 12.7. The minimum Gasteiger partial charge on any atom is -0.497 e. The van der Waals surface area contributed by atoms with Crippen LogP contribution in [-0.2, 0) is 0 Å². The van der Waals surface area contributed by atoms with Gasteiger partial charge in [-0.2, -0.15) is 10.2 Å². The standard InChI is InChI=1S/C22H17BrN4O3/c1-29-18-9-7-15(8-10-18)21-16(14-27(26-21)17-5-3-2-4-6-17)13-24-25-22(28)19-11-12-20(23)30-19/h2-14H,1H3,(H,25,28)/b24-13-. The fraction of sp³-hybridized carbons (Fsp3) is 0.0455. The van der Waals surface area contributed by atoms with Crippen molar-refractivity contribution in [1.29, 1.82) is 0 Å². The number of furan rings is 1. The molecule has 7 nitrogen and oxygen atoms in total. The van der Waals surface area contributed by atoms with Crippen LogP contribution in [-0.4, -0.2) is 29.0 Å². The lowest BCUT2D eigenvalue weighted by Gasteiger charge is -2.02. The Hall–Kier alpha value is -3.65. The number of rotatable bonds is 6. The van der Waals surface area contributed by atoms with E-state index >= 15 is 0 Å². The van der Waals surface area contributed by atoms with Crippen LogP contribution in [0.1, 0.15) is 16.1 Å². The van der Waals surface area contributed by atoms with E-state index in [4.69, 9.17) is 14.3 Å². The number of hydrogen-bond acceptors (Lipinski definition) is 5. The lowest BCUT2D eigenvalue weighted by molar-refractivity contribution is 0.0926. The van der Waals surface area contributed by atoms with Crippen LogP contribution in [0.3, 0.4) is 0 Å². The van der Waals surface area contributed by atoms with Crippen molar-refractivity contribution in [3.8, 4) is 22.7 Å². The van der Waals surface area contributed by atoms with Crippen molar-refractivity contribution in [3.05, 3.63) is 88.9 Å². The molecule has 0 bridgehead atoms. The van der Waals surface area contributed by atoms with Gasteiger partial charge in [0.05, 0.1) is 19.0 Å². The molecule has 0 unspecified atom stereocenters. The molecule has 0 saturated heterocycles. The van der Waals surface area contributed by atoms with Crippen LogP contribution in [0.4, 0.5) is 0 Å². The summed E-state index contributed by atoms with van der Waals surface area (Å²) in [5.74, 6) is 0.473. The molecule has 150 valence electrons. The predicted molar refractivity (Wildman–Crippen MR) is 117 cm³/mol. The maximum absolute atomic E-state index is 12.1. The number of carbonyl (C=O) groups excluding carboxylic acids is 1. The smallest absolute Gasteiger partial charge is 0.307 e. The third kappa shape index (κ3) is 4.33. The van der Waals surface area contributed by atoms with Gasteiger partial charge in [-0.05, 0) is 64.5 Å². The van der Waals surface area contributed by atoms with E-state index in [1.807, 2.05) is 60.8 Å². The Morgan fingerprint density at radius 3 is 2.57 bits per heavy atom. The van der Waals surface area contributed by atoms with Crippen LogP contribution in [0.25, 0.3) is 16.9 Å². The summed E-state index contributed by atoms with van der Waals surface area (Å²) in [6, 6.07) is 20.5. The molecule has 0 aliphatic heterocycles. The number of nitrogens with zero attached hydrogens (tertiary/aromatic N) is 3. The number of hydrogen-bond donors (Lipinski definition) is 1. The predicted octanol–water partition coefficient (Wildman–Crippen LogP) is 4.67. The van der Waals surface area contributed by atoms with Gasteiger partial charge in [-0.15, -0.1) is 0 Å². The fourth-order valence-corrected chi connectivity index (χ4v) is 3.13. The first-order chi connectivity index (χ1) is 14.6. The van der Waals surface area contributed by atoms with E-state index in [9.17, 15) is 4.79 Å². The summed E-state index contributed by atoms with van der Waals surface area (Å²) in [5, 5.41) is 8.79. The van der Waals surface area contributed by atoms with E-state index in [1.165, 1.54) is 0 Å². The Labute approximate surface area is 181 Å². The summed E-state index contributed by atoms with van der Waals surface area (Å²) >= 11 is 3.17. The molecule has 2 heterocycles. The highest BCUT2D eigenvalue weighted by Crippen LogP contribution is 2.25. The molecule has 2 aromatic carbocycles. The summed E-state index contributed by atoms with van der Waals surface area (Å²) in [4.78, 5) is 12.1.